The van der Waals surface area contributed by atoms with Crippen LogP contribution >= 0.6 is 0 Å². The van der Waals surface area contributed by atoms with E-state index in [1.54, 1.807) is 25.1 Å². The first kappa shape index (κ1) is 15.5. The van der Waals surface area contributed by atoms with Crippen LogP contribution in [-0.4, -0.2) is 30.9 Å². The van der Waals surface area contributed by atoms with Gasteiger partial charge >= 0.3 is 5.97 Å². The molecule has 106 valence electrons. The van der Waals surface area contributed by atoms with Gasteiger partial charge in [0, 0.05) is 19.6 Å². The molecule has 1 aromatic rings. The number of hydrogen-bond donors (Lipinski definition) is 1. The van der Waals surface area contributed by atoms with Gasteiger partial charge in [0.2, 0.25) is 0 Å². The zero-order valence-corrected chi connectivity index (χ0v) is 11.6. The molecule has 1 aromatic carbocycles. The highest BCUT2D eigenvalue weighted by atomic mass is 16.5. The van der Waals surface area contributed by atoms with Gasteiger partial charge < -0.3 is 14.6 Å². The topological polar surface area (TPSA) is 55.8 Å². The maximum atomic E-state index is 11.0. The largest absolute Gasteiger partial charge is 0.493 e. The number of carboxylic acid groups (broad SMARTS) is 1. The molecule has 0 spiro atoms. The molecule has 4 nitrogen and oxygen atoms in total. The van der Waals surface area contributed by atoms with Gasteiger partial charge in [-0.1, -0.05) is 19.4 Å². The quantitative estimate of drug-likeness (QED) is 0.697. The maximum absolute atomic E-state index is 11.0. The van der Waals surface area contributed by atoms with Crippen LogP contribution in [0.5, 0.6) is 5.75 Å². The molecule has 0 aliphatic carbocycles. The van der Waals surface area contributed by atoms with E-state index in [0.29, 0.717) is 19.0 Å². The molecule has 0 aliphatic rings. The Labute approximate surface area is 114 Å². The number of aryl methyl sites for hydroxylation is 1. The number of hydrogen-bond acceptors (Lipinski definition) is 3. The molecular weight excluding hydrogens is 244 g/mol. The minimum Gasteiger partial charge on any atom is -0.493 e. The first-order valence-electron chi connectivity index (χ1n) is 6.69. The molecular formula is C15H22O4. The molecule has 0 heterocycles. The summed E-state index contributed by atoms with van der Waals surface area (Å²) in [7, 11) is 0. The normalized spacial score (nSPS) is 10.4. The van der Waals surface area contributed by atoms with E-state index in [4.69, 9.17) is 14.6 Å². The van der Waals surface area contributed by atoms with E-state index in [-0.39, 0.29) is 5.56 Å². The number of unbranched alkanes of at least 4 members (excludes halogenated alkanes) is 1. The van der Waals surface area contributed by atoms with E-state index < -0.39 is 5.97 Å². The molecule has 0 radical (unpaired) electrons. The summed E-state index contributed by atoms with van der Waals surface area (Å²) in [6, 6.07) is 5.12. The van der Waals surface area contributed by atoms with Crippen molar-refractivity contribution in [3.05, 3.63) is 29.3 Å². The molecule has 4 heteroatoms. The van der Waals surface area contributed by atoms with Crippen molar-refractivity contribution in [2.45, 2.75) is 33.1 Å². The van der Waals surface area contributed by atoms with Crippen molar-refractivity contribution in [3.8, 4) is 5.75 Å². The third kappa shape index (κ3) is 5.75. The Morgan fingerprint density at radius 3 is 2.63 bits per heavy atom. The number of carbonyl (C=O) groups is 1. The average Bonchev–Trinajstić information content (AvgIpc) is 2.39. The second kappa shape index (κ2) is 8.53. The number of ether oxygens (including phenoxy) is 2. The zero-order valence-electron chi connectivity index (χ0n) is 11.6. The van der Waals surface area contributed by atoms with Gasteiger partial charge in [0.25, 0.3) is 0 Å². The highest BCUT2D eigenvalue weighted by molar-refractivity contribution is 5.89. The van der Waals surface area contributed by atoms with Crippen LogP contribution in [0.3, 0.4) is 0 Å². The van der Waals surface area contributed by atoms with Crippen LogP contribution in [0.15, 0.2) is 18.2 Å². The van der Waals surface area contributed by atoms with E-state index in [1.165, 1.54) is 0 Å². The van der Waals surface area contributed by atoms with Gasteiger partial charge in [-0.15, -0.1) is 0 Å². The molecule has 0 aromatic heterocycles. The van der Waals surface area contributed by atoms with Gasteiger partial charge in [-0.25, -0.2) is 4.79 Å². The maximum Gasteiger partial charge on any atom is 0.336 e. The van der Waals surface area contributed by atoms with Crippen molar-refractivity contribution in [3.63, 3.8) is 0 Å². The lowest BCUT2D eigenvalue weighted by Crippen LogP contribution is -2.05. The molecule has 0 saturated heterocycles. The van der Waals surface area contributed by atoms with Gasteiger partial charge in [0.15, 0.2) is 0 Å². The van der Waals surface area contributed by atoms with Gasteiger partial charge in [0.05, 0.1) is 12.2 Å². The fourth-order valence-corrected chi connectivity index (χ4v) is 1.62. The summed E-state index contributed by atoms with van der Waals surface area (Å²) in [5.74, 6) is -0.331. The van der Waals surface area contributed by atoms with Crippen LogP contribution in [0.4, 0.5) is 0 Å². The van der Waals surface area contributed by atoms with Crippen LogP contribution in [0.25, 0.3) is 0 Å². The minimum absolute atomic E-state index is 0.289. The van der Waals surface area contributed by atoms with E-state index in [2.05, 4.69) is 6.92 Å². The van der Waals surface area contributed by atoms with E-state index in [1.807, 2.05) is 0 Å². The Hall–Kier alpha value is -1.55. The van der Waals surface area contributed by atoms with Crippen LogP contribution in [0.1, 0.15) is 42.1 Å². The minimum atomic E-state index is -0.925. The lowest BCUT2D eigenvalue weighted by atomic mass is 10.1. The van der Waals surface area contributed by atoms with Crippen molar-refractivity contribution in [1.82, 2.24) is 0 Å². The molecule has 0 fully saturated rings. The Kier molecular flexibility index (Phi) is 6.97. The molecule has 1 rings (SSSR count). The number of rotatable bonds is 9. The van der Waals surface area contributed by atoms with E-state index in [9.17, 15) is 4.79 Å². The van der Waals surface area contributed by atoms with Gasteiger partial charge in [0.1, 0.15) is 5.75 Å². The molecule has 0 aliphatic heterocycles. The second-order valence-corrected chi connectivity index (χ2v) is 4.45. The zero-order chi connectivity index (χ0) is 14.1. The average molecular weight is 266 g/mol. The Morgan fingerprint density at radius 2 is 1.95 bits per heavy atom. The molecule has 0 bridgehead atoms. The molecule has 1 N–H and O–H groups in total. The van der Waals surface area contributed by atoms with E-state index in [0.717, 1.165) is 31.4 Å². The predicted molar refractivity (Wildman–Crippen MR) is 74.0 cm³/mol. The summed E-state index contributed by atoms with van der Waals surface area (Å²) in [6.07, 6.45) is 3.03. The van der Waals surface area contributed by atoms with Crippen molar-refractivity contribution in [2.75, 3.05) is 19.8 Å². The van der Waals surface area contributed by atoms with Gasteiger partial charge in [-0.05, 0) is 31.0 Å². The smallest absolute Gasteiger partial charge is 0.336 e. The predicted octanol–water partition coefficient (Wildman–Crippen LogP) is 3.28. The Morgan fingerprint density at radius 1 is 1.21 bits per heavy atom. The molecule has 0 unspecified atom stereocenters. The van der Waals surface area contributed by atoms with Gasteiger partial charge in [-0.3, -0.25) is 0 Å². The molecule has 0 amide bonds. The summed E-state index contributed by atoms with van der Waals surface area (Å²) in [6.45, 7) is 5.91. The van der Waals surface area contributed by atoms with E-state index >= 15 is 0 Å². The number of carboxylic acids is 1. The highest BCUT2D eigenvalue weighted by Gasteiger charge is 2.08. The first-order chi connectivity index (χ1) is 9.15. The van der Waals surface area contributed by atoms with Crippen molar-refractivity contribution in [2.24, 2.45) is 0 Å². The van der Waals surface area contributed by atoms with Crippen LogP contribution in [0.2, 0.25) is 0 Å². The SMILES string of the molecule is CCCCOCCCOc1ccc(C)c(C(=O)O)c1. The fourth-order valence-electron chi connectivity index (χ4n) is 1.62. The van der Waals surface area contributed by atoms with Crippen molar-refractivity contribution in [1.29, 1.82) is 0 Å². The monoisotopic (exact) mass is 266 g/mol. The third-order valence-electron chi connectivity index (χ3n) is 2.78. The Bertz CT molecular complexity index is 401. The van der Waals surface area contributed by atoms with Crippen molar-refractivity contribution >= 4 is 5.97 Å². The third-order valence-corrected chi connectivity index (χ3v) is 2.78. The summed E-state index contributed by atoms with van der Waals surface area (Å²) >= 11 is 0. The van der Waals surface area contributed by atoms with Crippen LogP contribution in [0, 0.1) is 6.92 Å². The van der Waals surface area contributed by atoms with Gasteiger partial charge in [-0.2, -0.15) is 0 Å². The number of aromatic carboxylic acids is 1. The van der Waals surface area contributed by atoms with Crippen LogP contribution < -0.4 is 4.74 Å². The molecule has 0 saturated carbocycles. The van der Waals surface area contributed by atoms with Crippen molar-refractivity contribution < 1.29 is 19.4 Å². The van der Waals surface area contributed by atoms with Crippen LogP contribution in [-0.2, 0) is 4.74 Å². The lowest BCUT2D eigenvalue weighted by Gasteiger charge is -2.08. The standard InChI is InChI=1S/C15H22O4/c1-3-4-8-18-9-5-10-19-13-7-6-12(2)14(11-13)15(16)17/h6-7,11H,3-5,8-10H2,1-2H3,(H,16,17). The highest BCUT2D eigenvalue weighted by Crippen LogP contribution is 2.17. The molecule has 0 atom stereocenters. The molecule has 19 heavy (non-hydrogen) atoms. The summed E-state index contributed by atoms with van der Waals surface area (Å²) < 4.78 is 10.9. The summed E-state index contributed by atoms with van der Waals surface area (Å²) in [4.78, 5) is 11.0. The fraction of sp³-hybridized carbons (Fsp3) is 0.533. The Balaban J connectivity index is 2.30. The number of benzene rings is 1. The summed E-state index contributed by atoms with van der Waals surface area (Å²) in [5.41, 5.74) is 1.03. The second-order valence-electron chi connectivity index (χ2n) is 4.45. The lowest BCUT2D eigenvalue weighted by molar-refractivity contribution is 0.0695. The summed E-state index contributed by atoms with van der Waals surface area (Å²) in [5, 5.41) is 9.01. The first-order valence-corrected chi connectivity index (χ1v) is 6.69.